The monoisotopic (exact) mass is 350 g/mol. The lowest BCUT2D eigenvalue weighted by Gasteiger charge is -2.10. The molecule has 0 aromatic carbocycles. The van der Waals surface area contributed by atoms with Crippen LogP contribution in [0.2, 0.25) is 0 Å². The van der Waals surface area contributed by atoms with Crippen molar-refractivity contribution < 1.29 is 13.7 Å². The second-order valence-electron chi connectivity index (χ2n) is 4.30. The van der Waals surface area contributed by atoms with Crippen LogP contribution in [0.15, 0.2) is 4.47 Å². The first-order chi connectivity index (χ1) is 8.90. The van der Waals surface area contributed by atoms with Crippen LogP contribution in [0.25, 0.3) is 0 Å². The van der Waals surface area contributed by atoms with E-state index in [1.807, 2.05) is 14.0 Å². The molecule has 0 bridgehead atoms. The van der Waals surface area contributed by atoms with Gasteiger partial charge >= 0.3 is 5.97 Å². The van der Waals surface area contributed by atoms with Gasteiger partial charge in [-0.2, -0.15) is 5.10 Å². The molecule has 1 heterocycles. The van der Waals surface area contributed by atoms with E-state index in [9.17, 15) is 9.00 Å². The highest BCUT2D eigenvalue weighted by atomic mass is 79.9. The molecule has 0 aliphatic carbocycles. The van der Waals surface area contributed by atoms with Gasteiger partial charge in [-0.15, -0.1) is 0 Å². The predicted molar refractivity (Wildman–Crippen MR) is 78.2 cm³/mol. The molecule has 5 nitrogen and oxygen atoms in total. The molecular formula is C12H19BrN2O3S. The highest BCUT2D eigenvalue weighted by Crippen LogP contribution is 2.23. The first kappa shape index (κ1) is 16.4. The van der Waals surface area contributed by atoms with Crippen LogP contribution >= 0.6 is 15.9 Å². The third-order valence-electron chi connectivity index (χ3n) is 2.91. The maximum Gasteiger partial charge on any atom is 0.306 e. The van der Waals surface area contributed by atoms with E-state index < -0.39 is 10.8 Å². The van der Waals surface area contributed by atoms with Gasteiger partial charge in [-0.25, -0.2) is 0 Å². The van der Waals surface area contributed by atoms with Gasteiger partial charge in [0, 0.05) is 23.1 Å². The number of aryl methyl sites for hydroxylation is 2. The van der Waals surface area contributed by atoms with Crippen molar-refractivity contribution in [1.82, 2.24) is 9.78 Å². The van der Waals surface area contributed by atoms with Crippen LogP contribution in [0.1, 0.15) is 31.7 Å². The third-order valence-corrected chi connectivity index (χ3v) is 5.45. The first-order valence-electron chi connectivity index (χ1n) is 6.04. The van der Waals surface area contributed by atoms with E-state index in [1.165, 1.54) is 7.11 Å². The molecular weight excluding hydrogens is 332 g/mol. The Balaban J connectivity index is 2.77. The van der Waals surface area contributed by atoms with Crippen LogP contribution in [-0.4, -0.2) is 32.3 Å². The third kappa shape index (κ3) is 4.14. The molecule has 1 aromatic heterocycles. The number of nitrogens with zero attached hydrogens (tertiary/aromatic N) is 2. The molecule has 0 amide bonds. The molecule has 2 unspecified atom stereocenters. The Morgan fingerprint density at radius 1 is 1.58 bits per heavy atom. The summed E-state index contributed by atoms with van der Waals surface area (Å²) in [4.78, 5) is 11.2. The number of hydrogen-bond acceptors (Lipinski definition) is 4. The lowest BCUT2D eigenvalue weighted by Crippen LogP contribution is -2.19. The summed E-state index contributed by atoms with van der Waals surface area (Å²) in [5, 5.41) is 4.13. The van der Waals surface area contributed by atoms with Crippen molar-refractivity contribution in [2.75, 3.05) is 7.11 Å². The van der Waals surface area contributed by atoms with Gasteiger partial charge in [0.2, 0.25) is 0 Å². The SMILES string of the molecule is CCc1nn(C)c(CS(=O)C(C)CC(=O)OC)c1Br. The fourth-order valence-electron chi connectivity index (χ4n) is 1.66. The number of ether oxygens (including phenoxy) is 1. The second-order valence-corrected chi connectivity index (χ2v) is 6.95. The Labute approximate surface area is 124 Å². The number of rotatable bonds is 6. The lowest BCUT2D eigenvalue weighted by molar-refractivity contribution is -0.140. The van der Waals surface area contributed by atoms with Crippen LogP contribution in [-0.2, 0) is 39.6 Å². The van der Waals surface area contributed by atoms with Gasteiger partial charge in [0.15, 0.2) is 0 Å². The molecule has 0 aliphatic rings. The summed E-state index contributed by atoms with van der Waals surface area (Å²) in [7, 11) is 2.03. The lowest BCUT2D eigenvalue weighted by atomic mass is 10.3. The Kier molecular flexibility index (Phi) is 6.19. The average molecular weight is 351 g/mol. The number of methoxy groups -OCH3 is 1. The van der Waals surface area contributed by atoms with Crippen LogP contribution in [0.4, 0.5) is 0 Å². The van der Waals surface area contributed by atoms with Crippen molar-refractivity contribution in [3.63, 3.8) is 0 Å². The molecule has 0 saturated heterocycles. The first-order valence-corrected chi connectivity index (χ1v) is 8.22. The van der Waals surface area contributed by atoms with Crippen LogP contribution in [0.3, 0.4) is 0 Å². The number of carbonyl (C=O) groups excluding carboxylic acids is 1. The molecule has 0 N–H and O–H groups in total. The van der Waals surface area contributed by atoms with Crippen LogP contribution in [0.5, 0.6) is 0 Å². The van der Waals surface area contributed by atoms with Crippen molar-refractivity contribution in [3.8, 4) is 0 Å². The molecule has 108 valence electrons. The molecule has 7 heteroatoms. The standard InChI is InChI=1S/C12H19BrN2O3S/c1-5-9-12(13)10(15(3)14-9)7-19(17)8(2)6-11(16)18-4/h8H,5-7H2,1-4H3. The van der Waals surface area contributed by atoms with Gasteiger partial charge in [-0.3, -0.25) is 13.7 Å². The minimum Gasteiger partial charge on any atom is -0.469 e. The predicted octanol–water partition coefficient (Wildman–Crippen LogP) is 1.95. The van der Waals surface area contributed by atoms with E-state index in [0.717, 1.165) is 22.3 Å². The molecule has 0 fully saturated rings. The number of halogens is 1. The fraction of sp³-hybridized carbons (Fsp3) is 0.667. The van der Waals surface area contributed by atoms with Crippen LogP contribution in [0, 0.1) is 0 Å². The summed E-state index contributed by atoms with van der Waals surface area (Å²) in [6.07, 6.45) is 0.984. The molecule has 19 heavy (non-hydrogen) atoms. The summed E-state index contributed by atoms with van der Waals surface area (Å²) in [6.45, 7) is 3.81. The Morgan fingerprint density at radius 3 is 2.68 bits per heavy atom. The van der Waals surface area contributed by atoms with E-state index in [-0.39, 0.29) is 17.6 Å². The second kappa shape index (κ2) is 7.19. The zero-order valence-electron chi connectivity index (χ0n) is 11.6. The fourth-order valence-corrected chi connectivity index (χ4v) is 3.81. The van der Waals surface area contributed by atoms with E-state index in [2.05, 4.69) is 25.8 Å². The summed E-state index contributed by atoms with van der Waals surface area (Å²) < 4.78 is 19.5. The summed E-state index contributed by atoms with van der Waals surface area (Å²) in [6, 6.07) is 0. The number of esters is 1. The number of carbonyl (C=O) groups is 1. The zero-order valence-corrected chi connectivity index (χ0v) is 14.0. The van der Waals surface area contributed by atoms with E-state index in [4.69, 9.17) is 0 Å². The summed E-state index contributed by atoms with van der Waals surface area (Å²) in [5.41, 5.74) is 1.85. The Hall–Kier alpha value is -0.690. The van der Waals surface area contributed by atoms with E-state index in [1.54, 1.807) is 11.6 Å². The topological polar surface area (TPSA) is 61.2 Å². The average Bonchev–Trinajstić information content (AvgIpc) is 2.65. The van der Waals surface area contributed by atoms with E-state index >= 15 is 0 Å². The van der Waals surface area contributed by atoms with Crippen molar-refractivity contribution in [3.05, 3.63) is 15.9 Å². The van der Waals surface area contributed by atoms with E-state index in [0.29, 0.717) is 5.75 Å². The maximum atomic E-state index is 12.2. The van der Waals surface area contributed by atoms with Gasteiger partial charge in [0.1, 0.15) is 0 Å². The largest absolute Gasteiger partial charge is 0.469 e. The molecule has 2 atom stereocenters. The molecule has 1 rings (SSSR count). The van der Waals surface area contributed by atoms with Gasteiger partial charge in [0.25, 0.3) is 0 Å². The number of hydrogen-bond donors (Lipinski definition) is 0. The minimum atomic E-state index is -1.14. The van der Waals surface area contributed by atoms with Crippen molar-refractivity contribution in [2.45, 2.75) is 37.7 Å². The van der Waals surface area contributed by atoms with Crippen molar-refractivity contribution in [1.29, 1.82) is 0 Å². The minimum absolute atomic E-state index is 0.166. The van der Waals surface area contributed by atoms with Gasteiger partial charge in [-0.05, 0) is 22.4 Å². The molecule has 1 aromatic rings. The molecule has 0 spiro atoms. The quantitative estimate of drug-likeness (QED) is 0.735. The maximum absolute atomic E-state index is 12.2. The Bertz CT molecular complexity index is 488. The Morgan fingerprint density at radius 2 is 2.21 bits per heavy atom. The van der Waals surface area contributed by atoms with Gasteiger partial charge < -0.3 is 4.74 Å². The highest BCUT2D eigenvalue weighted by molar-refractivity contribution is 9.10. The molecule has 0 aliphatic heterocycles. The van der Waals surface area contributed by atoms with Gasteiger partial charge in [0.05, 0.1) is 35.1 Å². The van der Waals surface area contributed by atoms with Crippen LogP contribution < -0.4 is 0 Å². The van der Waals surface area contributed by atoms with Crippen molar-refractivity contribution in [2.24, 2.45) is 7.05 Å². The normalized spacial score (nSPS) is 14.2. The highest BCUT2D eigenvalue weighted by Gasteiger charge is 2.20. The summed E-state index contributed by atoms with van der Waals surface area (Å²) in [5.74, 6) is 0.0431. The van der Waals surface area contributed by atoms with Crippen molar-refractivity contribution >= 4 is 32.7 Å². The zero-order chi connectivity index (χ0) is 14.6. The number of aromatic nitrogens is 2. The summed E-state index contributed by atoms with van der Waals surface area (Å²) >= 11 is 3.49. The molecule has 0 radical (unpaired) electrons. The van der Waals surface area contributed by atoms with Gasteiger partial charge in [-0.1, -0.05) is 13.8 Å². The molecule has 0 saturated carbocycles. The smallest absolute Gasteiger partial charge is 0.306 e.